The number of halogens is 1. The van der Waals surface area contributed by atoms with E-state index in [2.05, 4.69) is 5.10 Å². The number of nitrogens with zero attached hydrogens (tertiary/aromatic N) is 2. The Hall–Kier alpha value is -1.48. The Balaban J connectivity index is 2.58. The van der Waals surface area contributed by atoms with Crippen molar-refractivity contribution in [3.05, 3.63) is 34.9 Å². The summed E-state index contributed by atoms with van der Waals surface area (Å²) in [7, 11) is 1.83. The molecule has 1 aromatic heterocycles. The van der Waals surface area contributed by atoms with Gasteiger partial charge < -0.3 is 5.73 Å². The third-order valence-electron chi connectivity index (χ3n) is 2.34. The van der Waals surface area contributed by atoms with Gasteiger partial charge in [-0.3, -0.25) is 4.68 Å². The van der Waals surface area contributed by atoms with E-state index in [-0.39, 0.29) is 0 Å². The average molecular weight is 222 g/mol. The highest BCUT2D eigenvalue weighted by atomic mass is 35.5. The van der Waals surface area contributed by atoms with E-state index in [4.69, 9.17) is 17.3 Å². The predicted molar refractivity (Wildman–Crippen MR) is 62.8 cm³/mol. The number of anilines is 1. The van der Waals surface area contributed by atoms with Gasteiger partial charge in [-0.15, -0.1) is 0 Å². The predicted octanol–water partition coefficient (Wildman–Crippen LogP) is 2.63. The van der Waals surface area contributed by atoms with E-state index in [0.717, 1.165) is 11.3 Å². The van der Waals surface area contributed by atoms with E-state index in [1.54, 1.807) is 4.68 Å². The zero-order valence-electron chi connectivity index (χ0n) is 8.66. The maximum absolute atomic E-state index is 6.08. The highest BCUT2D eigenvalue weighted by Gasteiger charge is 2.13. The Bertz CT molecular complexity index is 485. The molecule has 78 valence electrons. The third-order valence-corrected chi connectivity index (χ3v) is 2.71. The maximum Gasteiger partial charge on any atom is 0.164 e. The van der Waals surface area contributed by atoms with Gasteiger partial charge in [0, 0.05) is 12.6 Å². The molecule has 3 nitrogen and oxygen atoms in total. The van der Waals surface area contributed by atoms with Crippen LogP contribution < -0.4 is 5.73 Å². The molecule has 0 amide bonds. The highest BCUT2D eigenvalue weighted by molar-refractivity contribution is 6.35. The lowest BCUT2D eigenvalue weighted by molar-refractivity contribution is 0.780. The van der Waals surface area contributed by atoms with E-state index in [9.17, 15) is 0 Å². The van der Waals surface area contributed by atoms with E-state index in [1.165, 1.54) is 5.56 Å². The topological polar surface area (TPSA) is 43.8 Å². The molecule has 0 bridgehead atoms. The van der Waals surface area contributed by atoms with Crippen LogP contribution in [0.4, 0.5) is 5.82 Å². The third kappa shape index (κ3) is 1.70. The van der Waals surface area contributed by atoms with Gasteiger partial charge in [0.1, 0.15) is 5.02 Å². The van der Waals surface area contributed by atoms with Crippen molar-refractivity contribution in [3.8, 4) is 11.3 Å². The molecule has 2 aromatic rings. The van der Waals surface area contributed by atoms with Crippen LogP contribution in [0, 0.1) is 6.92 Å². The molecule has 0 aliphatic rings. The number of rotatable bonds is 1. The van der Waals surface area contributed by atoms with Gasteiger partial charge in [-0.25, -0.2) is 0 Å². The van der Waals surface area contributed by atoms with Crippen molar-refractivity contribution >= 4 is 17.4 Å². The van der Waals surface area contributed by atoms with Crippen molar-refractivity contribution in [2.45, 2.75) is 6.92 Å². The lowest BCUT2D eigenvalue weighted by Crippen LogP contribution is -1.94. The molecule has 0 saturated carbocycles. The minimum Gasteiger partial charge on any atom is -0.381 e. The summed E-state index contributed by atoms with van der Waals surface area (Å²) in [6.07, 6.45) is 0. The highest BCUT2D eigenvalue weighted by Crippen LogP contribution is 2.31. The van der Waals surface area contributed by atoms with Gasteiger partial charge in [0.2, 0.25) is 0 Å². The second kappa shape index (κ2) is 3.59. The quantitative estimate of drug-likeness (QED) is 0.805. The minimum absolute atomic E-state index is 0.370. The molecule has 0 radical (unpaired) electrons. The summed E-state index contributed by atoms with van der Waals surface area (Å²) in [6, 6.07) is 8.10. The van der Waals surface area contributed by atoms with E-state index in [0.29, 0.717) is 10.8 Å². The molecule has 0 aliphatic carbocycles. The van der Waals surface area contributed by atoms with Crippen LogP contribution in [0.25, 0.3) is 11.3 Å². The molecule has 1 heterocycles. The Morgan fingerprint density at radius 3 is 2.33 bits per heavy atom. The van der Waals surface area contributed by atoms with Crippen LogP contribution in [0.15, 0.2) is 24.3 Å². The van der Waals surface area contributed by atoms with Crippen LogP contribution in [0.3, 0.4) is 0 Å². The van der Waals surface area contributed by atoms with Gasteiger partial charge in [0.25, 0.3) is 0 Å². The molecule has 0 atom stereocenters. The molecule has 2 rings (SSSR count). The van der Waals surface area contributed by atoms with Crippen molar-refractivity contribution in [3.63, 3.8) is 0 Å². The average Bonchev–Trinajstić information content (AvgIpc) is 2.44. The van der Waals surface area contributed by atoms with Crippen LogP contribution in [0.1, 0.15) is 5.56 Å². The summed E-state index contributed by atoms with van der Waals surface area (Å²) in [4.78, 5) is 0. The zero-order valence-corrected chi connectivity index (χ0v) is 9.42. The Labute approximate surface area is 93.5 Å². The lowest BCUT2D eigenvalue weighted by atomic mass is 10.1. The number of hydrogen-bond donors (Lipinski definition) is 1. The van der Waals surface area contributed by atoms with Crippen LogP contribution >= 0.6 is 11.6 Å². The lowest BCUT2D eigenvalue weighted by Gasteiger charge is -2.02. The van der Waals surface area contributed by atoms with Crippen molar-refractivity contribution in [1.82, 2.24) is 9.78 Å². The number of nitrogen functional groups attached to an aromatic ring is 1. The van der Waals surface area contributed by atoms with E-state index >= 15 is 0 Å². The molecular formula is C11H12ClN3. The molecule has 0 unspecified atom stereocenters. The van der Waals surface area contributed by atoms with Gasteiger partial charge in [0.05, 0.1) is 5.69 Å². The van der Waals surface area contributed by atoms with Crippen molar-refractivity contribution in [1.29, 1.82) is 0 Å². The van der Waals surface area contributed by atoms with E-state index < -0.39 is 0 Å². The largest absolute Gasteiger partial charge is 0.381 e. The van der Waals surface area contributed by atoms with Crippen LogP contribution in [0.5, 0.6) is 0 Å². The molecule has 0 spiro atoms. The Morgan fingerprint density at radius 1 is 1.27 bits per heavy atom. The van der Waals surface area contributed by atoms with Gasteiger partial charge in [0.15, 0.2) is 5.82 Å². The summed E-state index contributed by atoms with van der Waals surface area (Å²) in [5, 5.41) is 4.59. The number of benzene rings is 1. The standard InChI is InChI=1S/C11H12ClN3/c1-7-3-5-8(6-4-7)10-9(12)11(13)14-15(10)2/h3-6H,1-2H3,(H2,13,14). The monoisotopic (exact) mass is 221 g/mol. The molecule has 15 heavy (non-hydrogen) atoms. The zero-order chi connectivity index (χ0) is 11.0. The molecular weight excluding hydrogens is 210 g/mol. The minimum atomic E-state index is 0.370. The molecule has 0 aliphatic heterocycles. The molecule has 4 heteroatoms. The fraction of sp³-hybridized carbons (Fsp3) is 0.182. The maximum atomic E-state index is 6.08. The van der Waals surface area contributed by atoms with Gasteiger partial charge in [-0.2, -0.15) is 5.10 Å². The number of hydrogen-bond acceptors (Lipinski definition) is 2. The van der Waals surface area contributed by atoms with Crippen molar-refractivity contribution in [2.75, 3.05) is 5.73 Å². The van der Waals surface area contributed by atoms with Gasteiger partial charge in [-0.05, 0) is 6.92 Å². The van der Waals surface area contributed by atoms with Crippen molar-refractivity contribution in [2.24, 2.45) is 7.05 Å². The Morgan fingerprint density at radius 2 is 1.87 bits per heavy atom. The second-order valence-corrected chi connectivity index (χ2v) is 3.92. The summed E-state index contributed by atoms with van der Waals surface area (Å²) in [5.74, 6) is 0.370. The van der Waals surface area contributed by atoms with Gasteiger partial charge in [-0.1, -0.05) is 41.4 Å². The second-order valence-electron chi connectivity index (χ2n) is 3.54. The summed E-state index contributed by atoms with van der Waals surface area (Å²) in [6.45, 7) is 2.04. The molecule has 0 saturated heterocycles. The number of aryl methyl sites for hydroxylation is 2. The molecule has 0 fully saturated rings. The smallest absolute Gasteiger partial charge is 0.164 e. The summed E-state index contributed by atoms with van der Waals surface area (Å²) < 4.78 is 1.70. The van der Waals surface area contributed by atoms with Crippen LogP contribution in [0.2, 0.25) is 5.02 Å². The van der Waals surface area contributed by atoms with Crippen molar-refractivity contribution < 1.29 is 0 Å². The fourth-order valence-electron chi connectivity index (χ4n) is 1.54. The van der Waals surface area contributed by atoms with Crippen LogP contribution in [-0.2, 0) is 7.05 Å². The molecule has 2 N–H and O–H groups in total. The molecule has 1 aromatic carbocycles. The van der Waals surface area contributed by atoms with Crippen LogP contribution in [-0.4, -0.2) is 9.78 Å². The first-order valence-electron chi connectivity index (χ1n) is 4.64. The first kappa shape index (κ1) is 10.1. The number of nitrogens with two attached hydrogens (primary N) is 1. The SMILES string of the molecule is Cc1ccc(-c2c(Cl)c(N)nn2C)cc1. The fourth-order valence-corrected chi connectivity index (χ4v) is 1.81. The van der Waals surface area contributed by atoms with E-state index in [1.807, 2.05) is 38.2 Å². The summed E-state index contributed by atoms with van der Waals surface area (Å²) in [5.41, 5.74) is 8.74. The normalized spacial score (nSPS) is 10.6. The number of aromatic nitrogens is 2. The first-order valence-corrected chi connectivity index (χ1v) is 5.02. The first-order chi connectivity index (χ1) is 7.09. The van der Waals surface area contributed by atoms with Gasteiger partial charge >= 0.3 is 0 Å². The summed E-state index contributed by atoms with van der Waals surface area (Å²) >= 11 is 6.08. The Kier molecular flexibility index (Phi) is 2.40.